The first-order valence-electron chi connectivity index (χ1n) is 10.6. The summed E-state index contributed by atoms with van der Waals surface area (Å²) < 4.78 is 18.0. The Labute approximate surface area is 179 Å². The van der Waals surface area contributed by atoms with Crippen LogP contribution in [0.25, 0.3) is 22.6 Å². The van der Waals surface area contributed by atoms with Crippen molar-refractivity contribution in [1.29, 1.82) is 0 Å². The maximum atomic E-state index is 13.6. The number of rotatable bonds is 7. The fourth-order valence-electron chi connectivity index (χ4n) is 4.25. The summed E-state index contributed by atoms with van der Waals surface area (Å²) in [6, 6.07) is 8.66. The molecule has 2 N–H and O–H groups in total. The molecule has 31 heavy (non-hydrogen) atoms. The summed E-state index contributed by atoms with van der Waals surface area (Å²) in [7, 11) is 0. The van der Waals surface area contributed by atoms with Crippen LogP contribution in [0.15, 0.2) is 55.2 Å². The Morgan fingerprint density at radius 1 is 1.10 bits per heavy atom. The standard InChI is InChI=1S/C23H24FN7/c24-17-5-3-16(4-6-17)22-23(19-9-11-27-20(28-19)2-1-10-25)31-18(7-8-21(31)29-22)14-30-13-12-26-15-30/h3-6,9,11-13,15,18H,1-2,7-8,10,14,25H2/t18-/m0/s1. The lowest BCUT2D eigenvalue weighted by Crippen LogP contribution is -2.13. The minimum atomic E-state index is -0.263. The van der Waals surface area contributed by atoms with E-state index in [1.165, 1.54) is 12.1 Å². The number of aromatic nitrogens is 6. The van der Waals surface area contributed by atoms with Crippen molar-refractivity contribution in [2.75, 3.05) is 6.54 Å². The van der Waals surface area contributed by atoms with Gasteiger partial charge in [-0.25, -0.2) is 24.3 Å². The highest BCUT2D eigenvalue weighted by molar-refractivity contribution is 5.77. The van der Waals surface area contributed by atoms with Crippen LogP contribution in [0.3, 0.4) is 0 Å². The van der Waals surface area contributed by atoms with Crippen molar-refractivity contribution in [1.82, 2.24) is 29.1 Å². The third-order valence-electron chi connectivity index (χ3n) is 5.70. The number of hydrogen-bond acceptors (Lipinski definition) is 5. The largest absolute Gasteiger partial charge is 0.335 e. The Morgan fingerprint density at radius 2 is 1.97 bits per heavy atom. The number of halogens is 1. The molecule has 0 saturated heterocycles. The van der Waals surface area contributed by atoms with Gasteiger partial charge in [0.2, 0.25) is 0 Å². The van der Waals surface area contributed by atoms with Gasteiger partial charge in [0.25, 0.3) is 0 Å². The van der Waals surface area contributed by atoms with Gasteiger partial charge in [0, 0.05) is 43.5 Å². The molecule has 5 rings (SSSR count). The van der Waals surface area contributed by atoms with Crippen LogP contribution in [0.2, 0.25) is 0 Å². The molecule has 0 spiro atoms. The van der Waals surface area contributed by atoms with E-state index in [4.69, 9.17) is 15.7 Å². The number of benzene rings is 1. The monoisotopic (exact) mass is 417 g/mol. The van der Waals surface area contributed by atoms with E-state index in [0.29, 0.717) is 6.54 Å². The van der Waals surface area contributed by atoms with Crippen molar-refractivity contribution in [2.45, 2.75) is 38.3 Å². The third-order valence-corrected chi connectivity index (χ3v) is 5.70. The molecule has 0 fully saturated rings. The molecule has 4 aromatic rings. The molecule has 0 bridgehead atoms. The van der Waals surface area contributed by atoms with E-state index in [1.807, 2.05) is 18.6 Å². The summed E-state index contributed by atoms with van der Waals surface area (Å²) in [4.78, 5) is 18.4. The second-order valence-corrected chi connectivity index (χ2v) is 7.80. The van der Waals surface area contributed by atoms with E-state index in [9.17, 15) is 4.39 Å². The molecule has 1 aliphatic rings. The minimum Gasteiger partial charge on any atom is -0.335 e. The number of aryl methyl sites for hydroxylation is 2. The van der Waals surface area contributed by atoms with Crippen molar-refractivity contribution in [3.8, 4) is 22.6 Å². The fourth-order valence-corrected chi connectivity index (χ4v) is 4.25. The molecular formula is C23H24FN7. The zero-order valence-electron chi connectivity index (χ0n) is 17.2. The van der Waals surface area contributed by atoms with E-state index in [1.54, 1.807) is 24.5 Å². The summed E-state index contributed by atoms with van der Waals surface area (Å²) >= 11 is 0. The van der Waals surface area contributed by atoms with Crippen molar-refractivity contribution in [3.63, 3.8) is 0 Å². The van der Waals surface area contributed by atoms with Gasteiger partial charge in [0.15, 0.2) is 0 Å². The van der Waals surface area contributed by atoms with Crippen LogP contribution in [-0.4, -0.2) is 35.6 Å². The number of fused-ring (bicyclic) bond motifs is 1. The molecule has 4 heterocycles. The average molecular weight is 417 g/mol. The van der Waals surface area contributed by atoms with Gasteiger partial charge >= 0.3 is 0 Å². The summed E-state index contributed by atoms with van der Waals surface area (Å²) in [6.07, 6.45) is 10.9. The molecule has 1 aromatic carbocycles. The summed E-state index contributed by atoms with van der Waals surface area (Å²) in [5.41, 5.74) is 9.16. The molecule has 0 radical (unpaired) electrons. The predicted molar refractivity (Wildman–Crippen MR) is 116 cm³/mol. The lowest BCUT2D eigenvalue weighted by molar-refractivity contribution is 0.451. The highest BCUT2D eigenvalue weighted by Crippen LogP contribution is 2.39. The van der Waals surface area contributed by atoms with Crippen LogP contribution in [0.5, 0.6) is 0 Å². The first kappa shape index (κ1) is 19.6. The van der Waals surface area contributed by atoms with Gasteiger partial charge < -0.3 is 14.9 Å². The molecule has 0 saturated carbocycles. The summed E-state index contributed by atoms with van der Waals surface area (Å²) in [5.74, 6) is 1.54. The zero-order chi connectivity index (χ0) is 21.2. The van der Waals surface area contributed by atoms with Crippen LogP contribution in [-0.2, 0) is 19.4 Å². The molecule has 158 valence electrons. The minimum absolute atomic E-state index is 0.239. The number of nitrogens with two attached hydrogens (primary N) is 1. The molecule has 1 atom stereocenters. The highest BCUT2D eigenvalue weighted by atomic mass is 19.1. The second kappa shape index (κ2) is 8.39. The Bertz CT molecular complexity index is 1170. The van der Waals surface area contributed by atoms with Crippen LogP contribution in [0.1, 0.15) is 30.5 Å². The zero-order valence-corrected chi connectivity index (χ0v) is 17.2. The Hall–Kier alpha value is -3.39. The van der Waals surface area contributed by atoms with Gasteiger partial charge in [0.05, 0.1) is 29.5 Å². The highest BCUT2D eigenvalue weighted by Gasteiger charge is 2.31. The first-order valence-corrected chi connectivity index (χ1v) is 10.6. The molecule has 0 unspecified atom stereocenters. The van der Waals surface area contributed by atoms with Crippen LogP contribution >= 0.6 is 0 Å². The van der Waals surface area contributed by atoms with Gasteiger partial charge in [-0.3, -0.25) is 0 Å². The third kappa shape index (κ3) is 3.86. The maximum Gasteiger partial charge on any atom is 0.129 e. The van der Waals surface area contributed by atoms with E-state index in [2.05, 4.69) is 19.1 Å². The molecule has 0 aliphatic carbocycles. The van der Waals surface area contributed by atoms with Crippen molar-refractivity contribution in [2.24, 2.45) is 5.73 Å². The van der Waals surface area contributed by atoms with Crippen LogP contribution < -0.4 is 5.73 Å². The van der Waals surface area contributed by atoms with E-state index >= 15 is 0 Å². The molecule has 0 amide bonds. The van der Waals surface area contributed by atoms with Crippen molar-refractivity contribution >= 4 is 0 Å². The summed E-state index contributed by atoms with van der Waals surface area (Å²) in [6.45, 7) is 1.41. The first-order chi connectivity index (χ1) is 15.2. The van der Waals surface area contributed by atoms with E-state index in [0.717, 1.165) is 66.5 Å². The quantitative estimate of drug-likeness (QED) is 0.498. The SMILES string of the molecule is NCCCc1nccc(-c2c(-c3ccc(F)cc3)nc3n2[C@H](Cn2ccnc2)CC3)n1. The average Bonchev–Trinajstić information content (AvgIpc) is 3.51. The smallest absolute Gasteiger partial charge is 0.129 e. The molecule has 1 aliphatic heterocycles. The second-order valence-electron chi connectivity index (χ2n) is 7.80. The summed E-state index contributed by atoms with van der Waals surface area (Å²) in [5, 5.41) is 0. The van der Waals surface area contributed by atoms with Gasteiger partial charge in [0.1, 0.15) is 17.5 Å². The normalized spacial score (nSPS) is 15.4. The lowest BCUT2D eigenvalue weighted by atomic mass is 10.1. The van der Waals surface area contributed by atoms with Gasteiger partial charge in [-0.2, -0.15) is 0 Å². The number of imidazole rings is 2. The van der Waals surface area contributed by atoms with E-state index < -0.39 is 0 Å². The van der Waals surface area contributed by atoms with Crippen molar-refractivity contribution < 1.29 is 4.39 Å². The van der Waals surface area contributed by atoms with Gasteiger partial charge in [-0.05, 0) is 49.7 Å². The molecule has 3 aromatic heterocycles. The Balaban J connectivity index is 1.63. The van der Waals surface area contributed by atoms with Gasteiger partial charge in [-0.15, -0.1) is 0 Å². The maximum absolute atomic E-state index is 13.6. The number of nitrogens with zero attached hydrogens (tertiary/aromatic N) is 6. The Kier molecular flexibility index (Phi) is 5.30. The molecular weight excluding hydrogens is 393 g/mol. The van der Waals surface area contributed by atoms with E-state index in [-0.39, 0.29) is 11.9 Å². The topological polar surface area (TPSA) is 87.4 Å². The Morgan fingerprint density at radius 3 is 2.74 bits per heavy atom. The fraction of sp³-hybridized carbons (Fsp3) is 0.304. The van der Waals surface area contributed by atoms with Crippen molar-refractivity contribution in [3.05, 3.63) is 72.7 Å². The predicted octanol–water partition coefficient (Wildman–Crippen LogP) is 3.42. The van der Waals surface area contributed by atoms with Crippen LogP contribution in [0.4, 0.5) is 4.39 Å². The number of hydrogen-bond donors (Lipinski definition) is 1. The van der Waals surface area contributed by atoms with Gasteiger partial charge in [-0.1, -0.05) is 0 Å². The molecule has 8 heteroatoms. The van der Waals surface area contributed by atoms with Crippen LogP contribution in [0, 0.1) is 5.82 Å². The molecule has 7 nitrogen and oxygen atoms in total. The lowest BCUT2D eigenvalue weighted by Gasteiger charge is -2.18.